The molecule has 3 aromatic rings. The highest BCUT2D eigenvalue weighted by Crippen LogP contribution is 2.28. The molecule has 1 heterocycles. The predicted molar refractivity (Wildman–Crippen MR) is 78.6 cm³/mol. The van der Waals surface area contributed by atoms with Gasteiger partial charge in [0.25, 0.3) is 0 Å². The molecular weight excluding hydrogens is 302 g/mol. The summed E-state index contributed by atoms with van der Waals surface area (Å²) in [6.07, 6.45) is 2.55. The van der Waals surface area contributed by atoms with E-state index >= 15 is 0 Å². The Labute approximate surface area is 129 Å². The average Bonchev–Trinajstić information content (AvgIpc) is 2.90. The molecule has 2 aromatic carbocycles. The summed E-state index contributed by atoms with van der Waals surface area (Å²) < 4.78 is 32.0. The van der Waals surface area contributed by atoms with E-state index in [-0.39, 0.29) is 22.7 Å². The Morgan fingerprint density at radius 3 is 2.61 bits per heavy atom. The smallest absolute Gasteiger partial charge is 0.238 e. The van der Waals surface area contributed by atoms with Crippen LogP contribution in [0.3, 0.4) is 0 Å². The zero-order valence-electron chi connectivity index (χ0n) is 11.8. The van der Waals surface area contributed by atoms with E-state index in [0.717, 1.165) is 23.3 Å². The molecule has 1 aliphatic carbocycles. The maximum Gasteiger partial charge on any atom is 0.238 e. The molecule has 0 N–H and O–H groups in total. The second-order valence-electron chi connectivity index (χ2n) is 5.31. The zero-order chi connectivity index (χ0) is 16.0. The third-order valence-corrected chi connectivity index (χ3v) is 3.78. The second-order valence-corrected chi connectivity index (χ2v) is 5.31. The minimum absolute atomic E-state index is 0.134. The number of halogens is 2. The first-order chi connectivity index (χ1) is 11.1. The van der Waals surface area contributed by atoms with Gasteiger partial charge >= 0.3 is 0 Å². The van der Waals surface area contributed by atoms with E-state index in [4.69, 9.17) is 4.74 Å². The first kappa shape index (κ1) is 13.8. The highest BCUT2D eigenvalue weighted by Gasteiger charge is 2.19. The standard InChI is InChI=1S/C17H10F2N2O2/c18-12-6-14-15(7-13(12)19)21-17(8-20-14)23-10-2-3-11-9(5-10)1-4-16(11)22/h2-3,5-8H,1,4H2. The predicted octanol–water partition coefficient (Wildman–Crippen LogP) is 3.83. The van der Waals surface area contributed by atoms with E-state index in [1.807, 2.05) is 0 Å². The number of ether oxygens (including phenoxy) is 1. The molecule has 4 nitrogen and oxygen atoms in total. The summed E-state index contributed by atoms with van der Waals surface area (Å²) in [6, 6.07) is 7.16. The molecule has 6 heteroatoms. The van der Waals surface area contributed by atoms with Gasteiger partial charge in [0.2, 0.25) is 5.88 Å². The number of benzene rings is 2. The molecule has 4 rings (SSSR count). The lowest BCUT2D eigenvalue weighted by molar-refractivity contribution is 0.0994. The van der Waals surface area contributed by atoms with Crippen LogP contribution in [-0.4, -0.2) is 15.8 Å². The number of rotatable bonds is 2. The van der Waals surface area contributed by atoms with Crippen molar-refractivity contribution >= 4 is 16.8 Å². The van der Waals surface area contributed by atoms with E-state index in [1.54, 1.807) is 18.2 Å². The van der Waals surface area contributed by atoms with Gasteiger partial charge in [-0.1, -0.05) is 0 Å². The summed E-state index contributed by atoms with van der Waals surface area (Å²) in [5.74, 6) is -1.12. The summed E-state index contributed by atoms with van der Waals surface area (Å²) >= 11 is 0. The first-order valence-electron chi connectivity index (χ1n) is 7.06. The van der Waals surface area contributed by atoms with Gasteiger partial charge in [-0.2, -0.15) is 0 Å². The maximum atomic E-state index is 13.3. The summed E-state index contributed by atoms with van der Waals surface area (Å²) in [6.45, 7) is 0. The number of aromatic nitrogens is 2. The number of aryl methyl sites for hydroxylation is 1. The third-order valence-electron chi connectivity index (χ3n) is 3.78. The van der Waals surface area contributed by atoms with Crippen LogP contribution in [0.5, 0.6) is 11.6 Å². The lowest BCUT2D eigenvalue weighted by Crippen LogP contribution is -1.95. The molecule has 0 bridgehead atoms. The summed E-state index contributed by atoms with van der Waals surface area (Å²) in [5, 5.41) is 0. The number of nitrogens with zero attached hydrogens (tertiary/aromatic N) is 2. The Bertz CT molecular complexity index is 957. The second kappa shape index (κ2) is 5.08. The number of fused-ring (bicyclic) bond motifs is 2. The van der Waals surface area contributed by atoms with Crippen molar-refractivity contribution < 1.29 is 18.3 Å². The Hall–Kier alpha value is -2.89. The molecule has 0 fully saturated rings. The molecule has 0 saturated heterocycles. The van der Waals surface area contributed by atoms with Crippen LogP contribution in [0.2, 0.25) is 0 Å². The van der Waals surface area contributed by atoms with Crippen LogP contribution in [0.15, 0.2) is 36.5 Å². The SMILES string of the molecule is O=C1CCc2cc(Oc3cnc4cc(F)c(F)cc4n3)ccc21. The zero-order valence-corrected chi connectivity index (χ0v) is 11.8. The van der Waals surface area contributed by atoms with Crippen molar-refractivity contribution in [3.63, 3.8) is 0 Å². The first-order valence-corrected chi connectivity index (χ1v) is 7.06. The number of ketones is 1. The highest BCUT2D eigenvalue weighted by molar-refractivity contribution is 6.00. The van der Waals surface area contributed by atoms with Crippen molar-refractivity contribution in [2.45, 2.75) is 12.8 Å². The fourth-order valence-corrected chi connectivity index (χ4v) is 2.66. The average molecular weight is 312 g/mol. The topological polar surface area (TPSA) is 52.1 Å². The molecule has 0 radical (unpaired) electrons. The van der Waals surface area contributed by atoms with Crippen molar-refractivity contribution in [1.82, 2.24) is 9.97 Å². The van der Waals surface area contributed by atoms with Crippen molar-refractivity contribution in [1.29, 1.82) is 0 Å². The molecule has 0 aliphatic heterocycles. The third kappa shape index (κ3) is 2.42. The molecule has 23 heavy (non-hydrogen) atoms. The van der Waals surface area contributed by atoms with Gasteiger partial charge in [-0.05, 0) is 30.2 Å². The summed E-state index contributed by atoms with van der Waals surface area (Å²) in [7, 11) is 0. The summed E-state index contributed by atoms with van der Waals surface area (Å²) in [5.41, 5.74) is 2.11. The molecule has 0 atom stereocenters. The Morgan fingerprint density at radius 1 is 1.00 bits per heavy atom. The minimum atomic E-state index is -0.986. The normalized spacial score (nSPS) is 13.4. The van der Waals surface area contributed by atoms with Gasteiger partial charge in [0.15, 0.2) is 17.4 Å². The van der Waals surface area contributed by atoms with Crippen LogP contribution in [0.4, 0.5) is 8.78 Å². The minimum Gasteiger partial charge on any atom is -0.437 e. The van der Waals surface area contributed by atoms with Crippen molar-refractivity contribution in [2.75, 3.05) is 0 Å². The molecule has 0 unspecified atom stereocenters. The maximum absolute atomic E-state index is 13.3. The number of Topliss-reactive ketones (excluding diaryl/α,β-unsaturated/α-hetero) is 1. The van der Waals surface area contributed by atoms with Crippen molar-refractivity contribution in [3.8, 4) is 11.6 Å². The Balaban J connectivity index is 1.68. The molecule has 1 aromatic heterocycles. The molecule has 114 valence electrons. The van der Waals surface area contributed by atoms with Gasteiger partial charge in [0, 0.05) is 24.1 Å². The van der Waals surface area contributed by atoms with Gasteiger partial charge < -0.3 is 4.74 Å². The Morgan fingerprint density at radius 2 is 1.78 bits per heavy atom. The van der Waals surface area contributed by atoms with Crippen LogP contribution in [0, 0.1) is 11.6 Å². The van der Waals surface area contributed by atoms with Crippen molar-refractivity contribution in [3.05, 3.63) is 59.3 Å². The highest BCUT2D eigenvalue weighted by atomic mass is 19.2. The van der Waals surface area contributed by atoms with Crippen LogP contribution in [0.1, 0.15) is 22.3 Å². The van der Waals surface area contributed by atoms with Crippen LogP contribution < -0.4 is 4.74 Å². The largest absolute Gasteiger partial charge is 0.437 e. The molecule has 0 spiro atoms. The van der Waals surface area contributed by atoms with E-state index in [2.05, 4.69) is 9.97 Å². The van der Waals surface area contributed by atoms with E-state index in [9.17, 15) is 13.6 Å². The van der Waals surface area contributed by atoms with Gasteiger partial charge in [-0.3, -0.25) is 4.79 Å². The van der Waals surface area contributed by atoms with Gasteiger partial charge in [-0.25, -0.2) is 18.7 Å². The number of hydrogen-bond donors (Lipinski definition) is 0. The van der Waals surface area contributed by atoms with E-state index in [0.29, 0.717) is 18.6 Å². The number of hydrogen-bond acceptors (Lipinski definition) is 4. The fourth-order valence-electron chi connectivity index (χ4n) is 2.66. The molecular formula is C17H10F2N2O2. The van der Waals surface area contributed by atoms with Gasteiger partial charge in [0.05, 0.1) is 17.2 Å². The molecule has 0 saturated carbocycles. The lowest BCUT2D eigenvalue weighted by Gasteiger charge is -2.07. The molecule has 0 amide bonds. The van der Waals surface area contributed by atoms with Gasteiger partial charge in [0.1, 0.15) is 5.75 Å². The number of carbonyl (C=O) groups is 1. The number of carbonyl (C=O) groups excluding carboxylic acids is 1. The quantitative estimate of drug-likeness (QED) is 0.721. The Kier molecular flexibility index (Phi) is 3.04. The van der Waals surface area contributed by atoms with Gasteiger partial charge in [-0.15, -0.1) is 0 Å². The van der Waals surface area contributed by atoms with Crippen LogP contribution in [0.25, 0.3) is 11.0 Å². The molecule has 1 aliphatic rings. The van der Waals surface area contributed by atoms with Crippen LogP contribution >= 0.6 is 0 Å². The van der Waals surface area contributed by atoms with E-state index < -0.39 is 11.6 Å². The van der Waals surface area contributed by atoms with Crippen molar-refractivity contribution in [2.24, 2.45) is 0 Å². The van der Waals surface area contributed by atoms with E-state index in [1.165, 1.54) is 6.20 Å². The van der Waals surface area contributed by atoms with Crippen LogP contribution in [-0.2, 0) is 6.42 Å². The fraction of sp³-hybridized carbons (Fsp3) is 0.118. The monoisotopic (exact) mass is 312 g/mol. The summed E-state index contributed by atoms with van der Waals surface area (Å²) in [4.78, 5) is 19.7. The lowest BCUT2D eigenvalue weighted by atomic mass is 10.1.